The van der Waals surface area contributed by atoms with E-state index >= 15 is 0 Å². The van der Waals surface area contributed by atoms with Gasteiger partial charge in [-0.1, -0.05) is 11.6 Å². The van der Waals surface area contributed by atoms with Crippen molar-refractivity contribution in [2.75, 3.05) is 0 Å². The Labute approximate surface area is 125 Å². The van der Waals surface area contributed by atoms with Gasteiger partial charge < -0.3 is 4.57 Å². The third-order valence-electron chi connectivity index (χ3n) is 3.09. The van der Waals surface area contributed by atoms with E-state index in [1.807, 2.05) is 6.07 Å². The van der Waals surface area contributed by atoms with Crippen LogP contribution in [0.25, 0.3) is 0 Å². The van der Waals surface area contributed by atoms with E-state index in [9.17, 15) is 14.9 Å². The number of hydrogen-bond acceptors (Lipinski definition) is 4. The molecule has 2 aromatic rings. The van der Waals surface area contributed by atoms with Crippen LogP contribution in [-0.4, -0.2) is 9.49 Å². The van der Waals surface area contributed by atoms with Gasteiger partial charge in [0, 0.05) is 17.8 Å². The van der Waals surface area contributed by atoms with E-state index in [2.05, 4.69) is 0 Å². The second kappa shape index (κ2) is 5.77. The SMILES string of the molecule is Cc1ccc(C#N)c(=O)n1Cc1ccc([N+](=O)[O-])cc1Cl. The van der Waals surface area contributed by atoms with Crippen LogP contribution in [-0.2, 0) is 6.54 Å². The van der Waals surface area contributed by atoms with Crippen LogP contribution in [0.4, 0.5) is 5.69 Å². The number of halogens is 1. The van der Waals surface area contributed by atoms with Crippen molar-refractivity contribution < 1.29 is 4.92 Å². The highest BCUT2D eigenvalue weighted by atomic mass is 35.5. The number of nitro benzene ring substituents is 1. The maximum Gasteiger partial charge on any atom is 0.270 e. The number of nitriles is 1. The molecule has 0 aliphatic rings. The molecule has 7 heteroatoms. The number of nitrogens with zero attached hydrogens (tertiary/aromatic N) is 3. The first-order valence-electron chi connectivity index (χ1n) is 5.97. The number of rotatable bonds is 3. The van der Waals surface area contributed by atoms with Crippen LogP contribution in [0.5, 0.6) is 0 Å². The maximum atomic E-state index is 12.1. The van der Waals surface area contributed by atoms with E-state index in [-0.39, 0.29) is 22.8 Å². The van der Waals surface area contributed by atoms with E-state index < -0.39 is 10.5 Å². The lowest BCUT2D eigenvalue weighted by Gasteiger charge is -2.11. The lowest BCUT2D eigenvalue weighted by Crippen LogP contribution is -2.25. The highest BCUT2D eigenvalue weighted by molar-refractivity contribution is 6.31. The van der Waals surface area contributed by atoms with Gasteiger partial charge in [0.2, 0.25) is 0 Å². The Morgan fingerprint density at radius 1 is 1.38 bits per heavy atom. The molecule has 0 atom stereocenters. The molecule has 0 radical (unpaired) electrons. The van der Waals surface area contributed by atoms with Crippen molar-refractivity contribution in [1.82, 2.24) is 4.57 Å². The molecular weight excluding hydrogens is 294 g/mol. The normalized spacial score (nSPS) is 10.1. The van der Waals surface area contributed by atoms with Crippen molar-refractivity contribution in [1.29, 1.82) is 5.26 Å². The fourth-order valence-corrected chi connectivity index (χ4v) is 2.14. The topological polar surface area (TPSA) is 88.9 Å². The molecule has 2 rings (SSSR count). The van der Waals surface area contributed by atoms with Crippen molar-refractivity contribution in [2.45, 2.75) is 13.5 Å². The van der Waals surface area contributed by atoms with Gasteiger partial charge in [-0.3, -0.25) is 14.9 Å². The first-order chi connectivity index (χ1) is 9.93. The molecule has 0 amide bonds. The lowest BCUT2D eigenvalue weighted by molar-refractivity contribution is -0.384. The molecule has 106 valence electrons. The van der Waals surface area contributed by atoms with Crippen molar-refractivity contribution in [2.24, 2.45) is 0 Å². The minimum Gasteiger partial charge on any atom is -0.307 e. The molecule has 1 aromatic heterocycles. The molecule has 0 aliphatic heterocycles. The molecule has 0 spiro atoms. The number of aryl methyl sites for hydroxylation is 1. The van der Waals surface area contributed by atoms with Gasteiger partial charge in [0.1, 0.15) is 11.6 Å². The summed E-state index contributed by atoms with van der Waals surface area (Å²) in [7, 11) is 0. The van der Waals surface area contributed by atoms with Crippen LogP contribution in [0.15, 0.2) is 35.1 Å². The summed E-state index contributed by atoms with van der Waals surface area (Å²) in [5, 5.41) is 19.8. The van der Waals surface area contributed by atoms with Crippen LogP contribution in [0.1, 0.15) is 16.8 Å². The molecule has 0 saturated heterocycles. The average Bonchev–Trinajstić information content (AvgIpc) is 2.44. The molecule has 21 heavy (non-hydrogen) atoms. The van der Waals surface area contributed by atoms with Crippen LogP contribution in [0, 0.1) is 28.4 Å². The van der Waals surface area contributed by atoms with Crippen LogP contribution < -0.4 is 5.56 Å². The van der Waals surface area contributed by atoms with Crippen molar-refractivity contribution in [3.8, 4) is 6.07 Å². The Hall–Kier alpha value is -2.65. The third kappa shape index (κ3) is 2.93. The molecule has 1 aromatic carbocycles. The molecule has 0 unspecified atom stereocenters. The maximum absolute atomic E-state index is 12.1. The second-order valence-corrected chi connectivity index (χ2v) is 4.83. The van der Waals surface area contributed by atoms with Crippen LogP contribution in [0.3, 0.4) is 0 Å². The minimum absolute atomic E-state index is 0.0404. The van der Waals surface area contributed by atoms with Crippen molar-refractivity contribution >= 4 is 17.3 Å². The Morgan fingerprint density at radius 2 is 2.10 bits per heavy atom. The number of aromatic nitrogens is 1. The summed E-state index contributed by atoms with van der Waals surface area (Å²) in [5.74, 6) is 0. The van der Waals surface area contributed by atoms with Crippen molar-refractivity contribution in [3.63, 3.8) is 0 Å². The minimum atomic E-state index is -0.538. The summed E-state index contributed by atoms with van der Waals surface area (Å²) >= 11 is 6.02. The Bertz CT molecular complexity index is 821. The summed E-state index contributed by atoms with van der Waals surface area (Å²) in [6, 6.07) is 9.04. The first kappa shape index (κ1) is 14.8. The number of pyridine rings is 1. The van der Waals surface area contributed by atoms with E-state index in [1.165, 1.54) is 28.8 Å². The number of benzene rings is 1. The van der Waals surface area contributed by atoms with E-state index in [1.54, 1.807) is 13.0 Å². The first-order valence-corrected chi connectivity index (χ1v) is 6.35. The number of hydrogen-bond donors (Lipinski definition) is 0. The zero-order chi connectivity index (χ0) is 15.6. The van der Waals surface area contributed by atoms with Gasteiger partial charge in [-0.15, -0.1) is 0 Å². The quantitative estimate of drug-likeness (QED) is 0.644. The highest BCUT2D eigenvalue weighted by Gasteiger charge is 2.12. The molecule has 6 nitrogen and oxygen atoms in total. The third-order valence-corrected chi connectivity index (χ3v) is 3.44. The molecule has 0 fully saturated rings. The Morgan fingerprint density at radius 3 is 2.67 bits per heavy atom. The van der Waals surface area contributed by atoms with Crippen LogP contribution in [0.2, 0.25) is 5.02 Å². The summed E-state index contributed by atoms with van der Waals surface area (Å²) < 4.78 is 1.41. The molecule has 1 heterocycles. The van der Waals surface area contributed by atoms with Crippen LogP contribution >= 0.6 is 11.6 Å². The lowest BCUT2D eigenvalue weighted by atomic mass is 10.2. The molecule has 0 saturated carbocycles. The van der Waals surface area contributed by atoms with Gasteiger partial charge in [-0.25, -0.2) is 0 Å². The summed E-state index contributed by atoms with van der Waals surface area (Å²) in [4.78, 5) is 22.2. The smallest absolute Gasteiger partial charge is 0.270 e. The molecule has 0 bridgehead atoms. The van der Waals surface area contributed by atoms with Gasteiger partial charge in [0.25, 0.3) is 11.2 Å². The van der Waals surface area contributed by atoms with Gasteiger partial charge in [-0.2, -0.15) is 5.26 Å². The Kier molecular flexibility index (Phi) is 4.05. The van der Waals surface area contributed by atoms with E-state index in [0.29, 0.717) is 11.3 Å². The van der Waals surface area contributed by atoms with Gasteiger partial charge in [-0.05, 0) is 30.7 Å². The predicted molar refractivity (Wildman–Crippen MR) is 77.4 cm³/mol. The fourth-order valence-electron chi connectivity index (χ4n) is 1.90. The average molecular weight is 304 g/mol. The predicted octanol–water partition coefficient (Wildman–Crippen LogP) is 2.64. The molecule has 0 aliphatic carbocycles. The zero-order valence-corrected chi connectivity index (χ0v) is 11.8. The Balaban J connectivity index is 2.47. The summed E-state index contributed by atoms with van der Waals surface area (Å²) in [6.07, 6.45) is 0. The molecular formula is C14H10ClN3O3. The van der Waals surface area contributed by atoms with Crippen molar-refractivity contribution in [3.05, 3.63) is 72.6 Å². The van der Waals surface area contributed by atoms with E-state index in [0.717, 1.165) is 0 Å². The largest absolute Gasteiger partial charge is 0.307 e. The zero-order valence-electron chi connectivity index (χ0n) is 11.0. The fraction of sp³-hybridized carbons (Fsp3) is 0.143. The van der Waals surface area contributed by atoms with Gasteiger partial charge in [0.05, 0.1) is 16.5 Å². The summed E-state index contributed by atoms with van der Waals surface area (Å²) in [6.45, 7) is 1.89. The highest BCUT2D eigenvalue weighted by Crippen LogP contribution is 2.23. The van der Waals surface area contributed by atoms with Gasteiger partial charge >= 0.3 is 0 Å². The second-order valence-electron chi connectivity index (χ2n) is 4.42. The summed E-state index contributed by atoms with van der Waals surface area (Å²) in [5.41, 5.74) is 0.764. The van der Waals surface area contributed by atoms with Gasteiger partial charge in [0.15, 0.2) is 0 Å². The standard InChI is InChI=1S/C14H10ClN3O3/c1-9-2-3-10(7-16)14(19)17(9)8-11-4-5-12(18(20)21)6-13(11)15/h2-6H,8H2,1H3. The number of non-ortho nitro benzene ring substituents is 1. The van der Waals surface area contributed by atoms with E-state index in [4.69, 9.17) is 16.9 Å². The number of nitro groups is 1. The molecule has 0 N–H and O–H groups in total. The monoisotopic (exact) mass is 303 g/mol.